The number of nitrogens with zero attached hydrogens (tertiary/aromatic N) is 2. The topological polar surface area (TPSA) is 67.2 Å². The number of carboxylic acids is 1. The predicted octanol–water partition coefficient (Wildman–Crippen LogP) is 2.94. The van der Waals surface area contributed by atoms with E-state index in [4.69, 9.17) is 11.6 Å². The van der Waals surface area contributed by atoms with Crippen LogP contribution in [0.5, 0.6) is 0 Å². The zero-order valence-electron chi connectivity index (χ0n) is 13.8. The van der Waals surface area contributed by atoms with Crippen molar-refractivity contribution in [2.45, 2.75) is 45.2 Å². The molecule has 1 unspecified atom stereocenters. The zero-order chi connectivity index (χ0) is 17.1. The lowest BCUT2D eigenvalue weighted by molar-refractivity contribution is 0.0688. The van der Waals surface area contributed by atoms with Crippen LogP contribution in [0, 0.1) is 0 Å². The average molecular weight is 348 g/mol. The summed E-state index contributed by atoms with van der Waals surface area (Å²) in [5.74, 6) is -0.935. The molecule has 0 spiro atoms. The third kappa shape index (κ3) is 3.47. The van der Waals surface area contributed by atoms with E-state index < -0.39 is 5.97 Å². The van der Waals surface area contributed by atoms with Crippen molar-refractivity contribution >= 4 is 17.6 Å². The monoisotopic (exact) mass is 347 g/mol. The van der Waals surface area contributed by atoms with Crippen LogP contribution < -0.4 is 5.32 Å². The number of halogens is 1. The molecule has 1 aliphatic rings. The fourth-order valence-corrected chi connectivity index (χ4v) is 3.64. The maximum atomic E-state index is 11.4. The first-order chi connectivity index (χ1) is 11.6. The summed E-state index contributed by atoms with van der Waals surface area (Å²) >= 11 is 6.18. The molecule has 1 aromatic heterocycles. The van der Waals surface area contributed by atoms with Crippen molar-refractivity contribution in [2.24, 2.45) is 0 Å². The summed E-state index contributed by atoms with van der Waals surface area (Å²) in [6.45, 7) is 3.53. The summed E-state index contributed by atoms with van der Waals surface area (Å²) < 4.78 is 1.83. The predicted molar refractivity (Wildman–Crippen MR) is 93.8 cm³/mol. The minimum absolute atomic E-state index is 0.212. The molecule has 6 heteroatoms. The third-order valence-electron chi connectivity index (χ3n) is 4.63. The fraction of sp³-hybridized carbons (Fsp3) is 0.444. The molecule has 1 aliphatic carbocycles. The lowest BCUT2D eigenvalue weighted by Gasteiger charge is -2.24. The van der Waals surface area contributed by atoms with Crippen molar-refractivity contribution in [1.82, 2.24) is 15.1 Å². The second kappa shape index (κ2) is 7.36. The number of benzene rings is 1. The van der Waals surface area contributed by atoms with Gasteiger partial charge in [0.05, 0.1) is 0 Å². The lowest BCUT2D eigenvalue weighted by Crippen LogP contribution is -2.36. The van der Waals surface area contributed by atoms with E-state index in [1.54, 1.807) is 0 Å². The van der Waals surface area contributed by atoms with E-state index in [9.17, 15) is 9.90 Å². The van der Waals surface area contributed by atoms with E-state index in [2.05, 4.69) is 10.4 Å². The summed E-state index contributed by atoms with van der Waals surface area (Å²) in [6.07, 6.45) is 3.45. The number of hydrogen-bond donors (Lipinski definition) is 2. The molecule has 128 valence electrons. The second-order valence-electron chi connectivity index (χ2n) is 6.13. The first kappa shape index (κ1) is 17.0. The van der Waals surface area contributed by atoms with Crippen molar-refractivity contribution in [1.29, 1.82) is 0 Å². The minimum atomic E-state index is -0.935. The largest absolute Gasteiger partial charge is 0.476 e. The van der Waals surface area contributed by atoms with Gasteiger partial charge in [-0.05, 0) is 50.8 Å². The molecule has 24 heavy (non-hydrogen) atoms. The van der Waals surface area contributed by atoms with Gasteiger partial charge >= 0.3 is 5.97 Å². The van der Waals surface area contributed by atoms with Crippen molar-refractivity contribution < 1.29 is 9.90 Å². The molecule has 1 aromatic carbocycles. The normalized spacial score (nSPS) is 16.8. The maximum absolute atomic E-state index is 11.4. The van der Waals surface area contributed by atoms with Gasteiger partial charge in [0.25, 0.3) is 0 Å². The van der Waals surface area contributed by atoms with Gasteiger partial charge in [0.1, 0.15) is 0 Å². The molecule has 0 radical (unpaired) electrons. The Bertz CT molecular complexity index is 742. The van der Waals surface area contributed by atoms with E-state index in [1.807, 2.05) is 35.9 Å². The molecule has 0 bridgehead atoms. The SMILES string of the molecule is CCn1nc(C(=O)O)c2c1CCC(NCCc1ccccc1Cl)C2. The molecule has 5 nitrogen and oxygen atoms in total. The Morgan fingerprint density at radius 2 is 2.25 bits per heavy atom. The van der Waals surface area contributed by atoms with E-state index in [0.29, 0.717) is 6.54 Å². The Kier molecular flexibility index (Phi) is 5.21. The number of hydrogen-bond acceptors (Lipinski definition) is 3. The quantitative estimate of drug-likeness (QED) is 0.843. The van der Waals surface area contributed by atoms with E-state index in [-0.39, 0.29) is 11.7 Å². The van der Waals surface area contributed by atoms with Crippen molar-refractivity contribution in [3.05, 3.63) is 51.8 Å². The molecule has 2 aromatic rings. The van der Waals surface area contributed by atoms with Gasteiger partial charge in [-0.15, -0.1) is 0 Å². The van der Waals surface area contributed by atoms with Crippen LogP contribution in [0.15, 0.2) is 24.3 Å². The Hall–Kier alpha value is -1.85. The number of fused-ring (bicyclic) bond motifs is 1. The van der Waals surface area contributed by atoms with Crippen molar-refractivity contribution in [3.63, 3.8) is 0 Å². The lowest BCUT2D eigenvalue weighted by atomic mass is 9.91. The number of aryl methyl sites for hydroxylation is 1. The van der Waals surface area contributed by atoms with Gasteiger partial charge in [0.2, 0.25) is 0 Å². The molecule has 0 fully saturated rings. The van der Waals surface area contributed by atoms with Crippen LogP contribution in [-0.4, -0.2) is 33.4 Å². The van der Waals surface area contributed by atoms with Crippen LogP contribution in [0.4, 0.5) is 0 Å². The van der Waals surface area contributed by atoms with Gasteiger partial charge in [-0.2, -0.15) is 5.10 Å². The number of nitrogens with one attached hydrogen (secondary N) is 1. The van der Waals surface area contributed by atoms with Gasteiger partial charge in [-0.25, -0.2) is 4.79 Å². The van der Waals surface area contributed by atoms with Crippen LogP contribution >= 0.6 is 11.6 Å². The Morgan fingerprint density at radius 3 is 2.96 bits per heavy atom. The summed E-state index contributed by atoms with van der Waals surface area (Å²) in [6, 6.07) is 8.15. The van der Waals surface area contributed by atoms with E-state index in [1.165, 1.54) is 0 Å². The Balaban J connectivity index is 1.64. The maximum Gasteiger partial charge on any atom is 0.356 e. The summed E-state index contributed by atoms with van der Waals surface area (Å²) in [7, 11) is 0. The molecule has 0 aliphatic heterocycles. The van der Waals surface area contributed by atoms with Crippen LogP contribution in [-0.2, 0) is 25.8 Å². The summed E-state index contributed by atoms with van der Waals surface area (Å²) in [5, 5.41) is 18.0. The Morgan fingerprint density at radius 1 is 1.46 bits per heavy atom. The molecular weight excluding hydrogens is 326 g/mol. The molecule has 0 saturated carbocycles. The van der Waals surface area contributed by atoms with Crippen LogP contribution in [0.2, 0.25) is 5.02 Å². The van der Waals surface area contributed by atoms with Gasteiger partial charge in [-0.3, -0.25) is 4.68 Å². The number of aromatic carboxylic acids is 1. The minimum Gasteiger partial charge on any atom is -0.476 e. The van der Waals surface area contributed by atoms with Crippen LogP contribution in [0.25, 0.3) is 0 Å². The fourth-order valence-electron chi connectivity index (χ4n) is 3.41. The van der Waals surface area contributed by atoms with Crippen LogP contribution in [0.1, 0.15) is 40.7 Å². The first-order valence-electron chi connectivity index (χ1n) is 8.38. The summed E-state index contributed by atoms with van der Waals surface area (Å²) in [4.78, 5) is 11.4. The molecule has 1 heterocycles. The van der Waals surface area contributed by atoms with Gasteiger partial charge < -0.3 is 10.4 Å². The van der Waals surface area contributed by atoms with E-state index >= 15 is 0 Å². The molecular formula is C18H22ClN3O2. The molecule has 2 N–H and O–H groups in total. The molecule has 0 amide bonds. The number of carboxylic acid groups (broad SMARTS) is 1. The highest BCUT2D eigenvalue weighted by molar-refractivity contribution is 6.31. The number of rotatable bonds is 6. The average Bonchev–Trinajstić information content (AvgIpc) is 2.95. The van der Waals surface area contributed by atoms with Gasteiger partial charge in [-0.1, -0.05) is 29.8 Å². The zero-order valence-corrected chi connectivity index (χ0v) is 14.5. The van der Waals surface area contributed by atoms with Gasteiger partial charge in [0, 0.05) is 28.9 Å². The third-order valence-corrected chi connectivity index (χ3v) is 5.00. The highest BCUT2D eigenvalue weighted by atomic mass is 35.5. The van der Waals surface area contributed by atoms with Crippen LogP contribution in [0.3, 0.4) is 0 Å². The molecule has 1 atom stereocenters. The second-order valence-corrected chi connectivity index (χ2v) is 6.54. The number of aromatic nitrogens is 2. The Labute approximate surface area is 146 Å². The number of carbonyl (C=O) groups is 1. The van der Waals surface area contributed by atoms with Crippen molar-refractivity contribution in [3.8, 4) is 0 Å². The standard InChI is InChI=1S/C18H22ClN3O2/c1-2-22-16-8-7-13(11-14(16)17(21-22)18(23)24)20-10-9-12-5-3-4-6-15(12)19/h3-6,13,20H,2,7-11H2,1H3,(H,23,24). The van der Waals surface area contributed by atoms with E-state index in [0.717, 1.165) is 54.1 Å². The van der Waals surface area contributed by atoms with Gasteiger partial charge in [0.15, 0.2) is 5.69 Å². The molecule has 3 rings (SSSR count). The highest BCUT2D eigenvalue weighted by Gasteiger charge is 2.28. The first-order valence-corrected chi connectivity index (χ1v) is 8.76. The van der Waals surface area contributed by atoms with Crippen molar-refractivity contribution in [2.75, 3.05) is 6.54 Å². The summed E-state index contributed by atoms with van der Waals surface area (Å²) in [5.41, 5.74) is 3.32. The molecule has 0 saturated heterocycles. The smallest absolute Gasteiger partial charge is 0.356 e. The highest BCUT2D eigenvalue weighted by Crippen LogP contribution is 2.25.